The second-order valence-corrected chi connectivity index (χ2v) is 5.86. The molecule has 0 radical (unpaired) electrons. The van der Waals surface area contributed by atoms with Crippen LogP contribution in [0.15, 0.2) is 18.3 Å². The van der Waals surface area contributed by atoms with Crippen molar-refractivity contribution in [1.29, 1.82) is 0 Å². The predicted octanol–water partition coefficient (Wildman–Crippen LogP) is 3.59. The summed E-state index contributed by atoms with van der Waals surface area (Å²) in [5, 5.41) is 3.41. The van der Waals surface area contributed by atoms with Gasteiger partial charge in [-0.05, 0) is 35.8 Å². The van der Waals surface area contributed by atoms with E-state index < -0.39 is 0 Å². The minimum Gasteiger partial charge on any atom is -0.370 e. The third kappa shape index (κ3) is 2.75. The molecule has 0 amide bonds. The molecule has 88 valence electrons. The van der Waals surface area contributed by atoms with E-state index in [4.69, 9.17) is 0 Å². The number of aromatic nitrogens is 1. The van der Waals surface area contributed by atoms with Crippen molar-refractivity contribution < 1.29 is 0 Å². The third-order valence-corrected chi connectivity index (χ3v) is 3.43. The van der Waals surface area contributed by atoms with Gasteiger partial charge in [-0.3, -0.25) is 0 Å². The lowest BCUT2D eigenvalue weighted by Gasteiger charge is -2.25. The number of nitrogens with zero attached hydrogens (tertiary/aromatic N) is 1. The predicted molar refractivity (Wildman–Crippen MR) is 68.8 cm³/mol. The zero-order valence-corrected chi connectivity index (χ0v) is 10.6. The molecule has 16 heavy (non-hydrogen) atoms. The van der Waals surface area contributed by atoms with E-state index >= 15 is 0 Å². The number of rotatable bonds is 3. The first-order valence-electron chi connectivity index (χ1n) is 6.26. The van der Waals surface area contributed by atoms with Gasteiger partial charge < -0.3 is 5.32 Å². The van der Waals surface area contributed by atoms with Crippen molar-refractivity contribution in [1.82, 2.24) is 4.98 Å². The number of hydrogen-bond acceptors (Lipinski definition) is 2. The van der Waals surface area contributed by atoms with E-state index in [1.807, 2.05) is 6.20 Å². The molecular weight excluding hydrogens is 196 g/mol. The van der Waals surface area contributed by atoms with E-state index in [0.29, 0.717) is 0 Å². The maximum absolute atomic E-state index is 4.46. The molecule has 0 aromatic carbocycles. The average Bonchev–Trinajstić information content (AvgIpc) is 2.15. The first-order valence-corrected chi connectivity index (χ1v) is 6.26. The molecule has 0 bridgehead atoms. The van der Waals surface area contributed by atoms with Crippen LogP contribution in [-0.4, -0.2) is 11.5 Å². The molecule has 0 unspecified atom stereocenters. The normalized spacial score (nSPS) is 16.9. The lowest BCUT2D eigenvalue weighted by atomic mass is 9.85. The maximum Gasteiger partial charge on any atom is 0.125 e. The third-order valence-electron chi connectivity index (χ3n) is 3.43. The zero-order valence-electron chi connectivity index (χ0n) is 10.6. The van der Waals surface area contributed by atoms with Gasteiger partial charge in [-0.15, -0.1) is 0 Å². The van der Waals surface area contributed by atoms with Crippen LogP contribution >= 0.6 is 0 Å². The molecule has 0 saturated heterocycles. The summed E-state index contributed by atoms with van der Waals surface area (Å²) in [6.07, 6.45) is 6.16. The summed E-state index contributed by atoms with van der Waals surface area (Å²) < 4.78 is 0. The van der Waals surface area contributed by atoms with Crippen molar-refractivity contribution in [3.8, 4) is 0 Å². The van der Waals surface area contributed by atoms with Crippen molar-refractivity contribution in [2.45, 2.75) is 45.4 Å². The van der Waals surface area contributed by atoms with Crippen LogP contribution in [-0.2, 0) is 5.41 Å². The smallest absolute Gasteiger partial charge is 0.125 e. The second kappa shape index (κ2) is 4.44. The molecule has 1 aliphatic rings. The van der Waals surface area contributed by atoms with Gasteiger partial charge in [-0.2, -0.15) is 0 Å². The molecule has 1 fully saturated rings. The van der Waals surface area contributed by atoms with E-state index in [9.17, 15) is 0 Å². The fourth-order valence-electron chi connectivity index (χ4n) is 1.89. The van der Waals surface area contributed by atoms with Crippen LogP contribution in [0.3, 0.4) is 0 Å². The van der Waals surface area contributed by atoms with Crippen LogP contribution in [0.4, 0.5) is 5.82 Å². The van der Waals surface area contributed by atoms with Gasteiger partial charge in [0.25, 0.3) is 0 Å². The summed E-state index contributed by atoms with van der Waals surface area (Å²) in [6, 6.07) is 4.27. The van der Waals surface area contributed by atoms with Gasteiger partial charge in [-0.25, -0.2) is 4.98 Å². The quantitative estimate of drug-likeness (QED) is 0.838. The van der Waals surface area contributed by atoms with Gasteiger partial charge in [0.1, 0.15) is 5.82 Å². The Hall–Kier alpha value is -1.05. The average molecular weight is 218 g/mol. The molecule has 0 spiro atoms. The van der Waals surface area contributed by atoms with Crippen molar-refractivity contribution in [3.05, 3.63) is 23.9 Å². The van der Waals surface area contributed by atoms with Gasteiger partial charge >= 0.3 is 0 Å². The second-order valence-electron chi connectivity index (χ2n) is 5.86. The molecule has 0 aliphatic heterocycles. The van der Waals surface area contributed by atoms with Crippen LogP contribution in [0.25, 0.3) is 0 Å². The maximum atomic E-state index is 4.46. The Labute approximate surface area is 98.5 Å². The fourth-order valence-corrected chi connectivity index (χ4v) is 1.89. The minimum atomic E-state index is 0.194. The van der Waals surface area contributed by atoms with E-state index in [0.717, 1.165) is 18.3 Å². The van der Waals surface area contributed by atoms with Crippen molar-refractivity contribution in [3.63, 3.8) is 0 Å². The first-order chi connectivity index (χ1) is 7.55. The Morgan fingerprint density at radius 1 is 1.31 bits per heavy atom. The van der Waals surface area contributed by atoms with E-state index in [2.05, 4.69) is 43.2 Å². The summed E-state index contributed by atoms with van der Waals surface area (Å²) in [6.45, 7) is 7.73. The summed E-state index contributed by atoms with van der Waals surface area (Å²) in [4.78, 5) is 4.46. The molecule has 0 atom stereocenters. The Balaban J connectivity index is 1.91. The first kappa shape index (κ1) is 11.4. The largest absolute Gasteiger partial charge is 0.370 e. The highest BCUT2D eigenvalue weighted by Crippen LogP contribution is 2.26. The standard InChI is InChI=1S/C14H22N2/c1-14(2,3)12-7-8-13(16-10-12)15-9-11-5-4-6-11/h7-8,10-11H,4-6,9H2,1-3H3,(H,15,16). The van der Waals surface area contributed by atoms with Crippen LogP contribution < -0.4 is 5.32 Å². The molecule has 1 heterocycles. The van der Waals surface area contributed by atoms with E-state index in [1.165, 1.54) is 24.8 Å². The molecule has 1 aromatic rings. The Morgan fingerprint density at radius 2 is 2.06 bits per heavy atom. The van der Waals surface area contributed by atoms with Gasteiger partial charge in [0.15, 0.2) is 0 Å². The summed E-state index contributed by atoms with van der Waals surface area (Å²) in [5.74, 6) is 1.89. The molecule has 1 aromatic heterocycles. The van der Waals surface area contributed by atoms with Crippen molar-refractivity contribution in [2.75, 3.05) is 11.9 Å². The number of anilines is 1. The van der Waals surface area contributed by atoms with Gasteiger partial charge in [-0.1, -0.05) is 33.3 Å². The number of nitrogens with one attached hydrogen (secondary N) is 1. The minimum absolute atomic E-state index is 0.194. The molecule has 2 rings (SSSR count). The molecule has 1 aliphatic carbocycles. The molecule has 2 nitrogen and oxygen atoms in total. The van der Waals surface area contributed by atoms with Crippen LogP contribution in [0.2, 0.25) is 0 Å². The highest BCUT2D eigenvalue weighted by atomic mass is 15.0. The highest BCUT2D eigenvalue weighted by Gasteiger charge is 2.17. The van der Waals surface area contributed by atoms with Crippen LogP contribution in [0, 0.1) is 5.92 Å². The van der Waals surface area contributed by atoms with Gasteiger partial charge in [0, 0.05) is 12.7 Å². The Bertz CT molecular complexity index is 331. The Kier molecular flexibility index (Phi) is 3.17. The summed E-state index contributed by atoms with van der Waals surface area (Å²) >= 11 is 0. The summed E-state index contributed by atoms with van der Waals surface area (Å²) in [7, 11) is 0. The van der Waals surface area contributed by atoms with Gasteiger partial charge in [0.2, 0.25) is 0 Å². The highest BCUT2D eigenvalue weighted by molar-refractivity contribution is 5.37. The SMILES string of the molecule is CC(C)(C)c1ccc(NCC2CCC2)nc1. The lowest BCUT2D eigenvalue weighted by Crippen LogP contribution is -2.21. The lowest BCUT2D eigenvalue weighted by molar-refractivity contribution is 0.333. The number of hydrogen-bond donors (Lipinski definition) is 1. The zero-order chi connectivity index (χ0) is 11.6. The number of pyridine rings is 1. The van der Waals surface area contributed by atoms with Crippen molar-refractivity contribution in [2.24, 2.45) is 5.92 Å². The molecule has 2 heteroatoms. The topological polar surface area (TPSA) is 24.9 Å². The molecular formula is C14H22N2. The van der Waals surface area contributed by atoms with Crippen LogP contribution in [0.1, 0.15) is 45.6 Å². The monoisotopic (exact) mass is 218 g/mol. The van der Waals surface area contributed by atoms with E-state index in [1.54, 1.807) is 0 Å². The van der Waals surface area contributed by atoms with Gasteiger partial charge in [0.05, 0.1) is 0 Å². The summed E-state index contributed by atoms with van der Waals surface area (Å²) in [5.41, 5.74) is 1.49. The Morgan fingerprint density at radius 3 is 2.50 bits per heavy atom. The fraction of sp³-hybridized carbons (Fsp3) is 0.643. The molecule has 1 saturated carbocycles. The van der Waals surface area contributed by atoms with E-state index in [-0.39, 0.29) is 5.41 Å². The molecule has 1 N–H and O–H groups in total. The van der Waals surface area contributed by atoms with Crippen LogP contribution in [0.5, 0.6) is 0 Å². The van der Waals surface area contributed by atoms with Crippen molar-refractivity contribution >= 4 is 5.82 Å².